The van der Waals surface area contributed by atoms with Gasteiger partial charge in [-0.1, -0.05) is 79.2 Å². The summed E-state index contributed by atoms with van der Waals surface area (Å²) in [4.78, 5) is 0. The number of hydrogen-bond acceptors (Lipinski definition) is 3. The maximum absolute atomic E-state index is 13.6. The van der Waals surface area contributed by atoms with Crippen LogP contribution < -0.4 is 5.43 Å². The average Bonchev–Trinajstić information content (AvgIpc) is 2.76. The molecule has 0 saturated carbocycles. The molecule has 4 atom stereocenters. The third-order valence-corrected chi connectivity index (χ3v) is 7.81. The van der Waals surface area contributed by atoms with E-state index < -0.39 is 10.8 Å². The van der Waals surface area contributed by atoms with Gasteiger partial charge >= 0.3 is 0 Å². The van der Waals surface area contributed by atoms with Crippen LogP contribution in [0.1, 0.15) is 35.0 Å². The second kappa shape index (κ2) is 8.93. The van der Waals surface area contributed by atoms with Gasteiger partial charge in [0.2, 0.25) is 0 Å². The van der Waals surface area contributed by atoms with E-state index in [4.69, 9.17) is 16.7 Å². The van der Waals surface area contributed by atoms with Crippen molar-refractivity contribution < 1.29 is 4.21 Å². The number of hydrogen-bond donors (Lipinski definition) is 1. The largest absolute Gasteiger partial charge is 0.279 e. The van der Waals surface area contributed by atoms with Crippen LogP contribution in [0.5, 0.6) is 0 Å². The van der Waals surface area contributed by atoms with E-state index in [-0.39, 0.29) is 16.4 Å². The van der Waals surface area contributed by atoms with Gasteiger partial charge in [-0.05, 0) is 35.4 Å². The van der Waals surface area contributed by atoms with Crippen LogP contribution in [0, 0.1) is 5.92 Å². The Morgan fingerprint density at radius 2 is 1.52 bits per heavy atom. The monoisotopic (exact) mass is 422 g/mol. The Labute approximate surface area is 179 Å². The lowest BCUT2D eigenvalue weighted by molar-refractivity contribution is 0.614. The van der Waals surface area contributed by atoms with E-state index in [1.165, 1.54) is 0 Å². The summed E-state index contributed by atoms with van der Waals surface area (Å²) in [6.07, 6.45) is 0.651. The number of halogens is 1. The number of nitrogens with zero attached hydrogens (tertiary/aromatic N) is 1. The molecule has 0 aliphatic carbocycles. The van der Waals surface area contributed by atoms with E-state index >= 15 is 0 Å². The molecule has 1 aliphatic rings. The summed E-state index contributed by atoms with van der Waals surface area (Å²) in [5.74, 6) is 0.0676. The highest BCUT2D eigenvalue weighted by Crippen LogP contribution is 2.44. The number of hydrazone groups is 1. The van der Waals surface area contributed by atoms with Crippen LogP contribution in [0.4, 0.5) is 5.69 Å². The van der Waals surface area contributed by atoms with Gasteiger partial charge in [-0.2, -0.15) is 5.10 Å². The van der Waals surface area contributed by atoms with Gasteiger partial charge in [-0.15, -0.1) is 0 Å². The number of nitrogens with one attached hydrogen (secondary N) is 1. The molecule has 1 aliphatic heterocycles. The quantitative estimate of drug-likeness (QED) is 0.495. The first-order valence-corrected chi connectivity index (χ1v) is 11.4. The van der Waals surface area contributed by atoms with Crippen LogP contribution in [-0.2, 0) is 10.8 Å². The molecule has 0 spiro atoms. The summed E-state index contributed by atoms with van der Waals surface area (Å²) in [7, 11) is -1.07. The summed E-state index contributed by atoms with van der Waals surface area (Å²) in [5.41, 5.74) is 7.28. The Hall–Kier alpha value is -2.43. The fraction of sp³-hybridized carbons (Fsp3) is 0.208. The summed E-state index contributed by atoms with van der Waals surface area (Å²) < 4.78 is 13.6. The van der Waals surface area contributed by atoms with E-state index in [1.807, 2.05) is 72.8 Å². The Kier molecular flexibility index (Phi) is 6.12. The molecular formula is C24H23ClN2OS. The first-order valence-electron chi connectivity index (χ1n) is 9.71. The molecule has 1 N–H and O–H groups in total. The second-order valence-corrected chi connectivity index (χ2v) is 9.44. The third kappa shape index (κ3) is 4.44. The molecular weight excluding hydrogens is 400 g/mol. The lowest BCUT2D eigenvalue weighted by Crippen LogP contribution is -2.34. The zero-order valence-corrected chi connectivity index (χ0v) is 17.7. The maximum Gasteiger partial charge on any atom is 0.0681 e. The predicted octanol–water partition coefficient (Wildman–Crippen LogP) is 6.38. The van der Waals surface area contributed by atoms with Crippen molar-refractivity contribution in [1.82, 2.24) is 0 Å². The minimum absolute atomic E-state index is 0.0676. The highest BCUT2D eigenvalue weighted by molar-refractivity contribution is 7.85. The van der Waals surface area contributed by atoms with Gasteiger partial charge < -0.3 is 0 Å². The average molecular weight is 423 g/mol. The van der Waals surface area contributed by atoms with Crippen LogP contribution in [0.2, 0.25) is 5.02 Å². The van der Waals surface area contributed by atoms with Crippen LogP contribution in [-0.4, -0.2) is 9.92 Å². The third-order valence-electron chi connectivity index (χ3n) is 5.38. The number of anilines is 1. The molecule has 148 valence electrons. The number of rotatable bonds is 4. The van der Waals surface area contributed by atoms with Crippen molar-refractivity contribution in [3.63, 3.8) is 0 Å². The standard InChI is InChI=1S/C24H23ClN2OS/c1-17-22(27-26-21-10-6-3-7-11-21)16-23(18-12-14-20(25)15-13-18)29(28)24(17)19-8-4-2-5-9-19/h2-15,17,23-24,26H,16H2,1H3/b27-22+. The summed E-state index contributed by atoms with van der Waals surface area (Å²) >= 11 is 6.07. The van der Waals surface area contributed by atoms with E-state index in [9.17, 15) is 4.21 Å². The molecule has 3 aromatic rings. The topological polar surface area (TPSA) is 41.5 Å². The molecule has 5 heteroatoms. The molecule has 3 nitrogen and oxygen atoms in total. The summed E-state index contributed by atoms with van der Waals surface area (Å²) in [6, 6.07) is 27.7. The SMILES string of the molecule is CC1/C(=N/Nc2ccccc2)CC(c2ccc(Cl)cc2)S(=O)C1c1ccccc1. The minimum atomic E-state index is -1.07. The first kappa shape index (κ1) is 19.9. The Balaban J connectivity index is 1.71. The second-order valence-electron chi connectivity index (χ2n) is 7.27. The molecule has 29 heavy (non-hydrogen) atoms. The zero-order chi connectivity index (χ0) is 20.2. The van der Waals surface area contributed by atoms with Crippen LogP contribution in [0.15, 0.2) is 90.0 Å². The summed E-state index contributed by atoms with van der Waals surface area (Å²) in [5, 5.41) is 5.20. The molecule has 0 bridgehead atoms. The Morgan fingerprint density at radius 3 is 2.17 bits per heavy atom. The first-order chi connectivity index (χ1) is 14.1. The lowest BCUT2D eigenvalue weighted by Gasteiger charge is -2.35. The van der Waals surface area contributed by atoms with E-state index in [1.54, 1.807) is 0 Å². The van der Waals surface area contributed by atoms with Crippen LogP contribution in [0.25, 0.3) is 0 Å². The van der Waals surface area contributed by atoms with Crippen molar-refractivity contribution in [2.75, 3.05) is 5.43 Å². The molecule has 0 amide bonds. The van der Waals surface area contributed by atoms with Gasteiger partial charge in [0.15, 0.2) is 0 Å². The molecule has 0 aromatic heterocycles. The van der Waals surface area contributed by atoms with Crippen molar-refractivity contribution >= 4 is 33.8 Å². The van der Waals surface area contributed by atoms with Gasteiger partial charge in [0.05, 0.1) is 16.2 Å². The van der Waals surface area contributed by atoms with Crippen molar-refractivity contribution in [2.24, 2.45) is 11.0 Å². The molecule has 3 aromatic carbocycles. The molecule has 1 heterocycles. The highest BCUT2D eigenvalue weighted by Gasteiger charge is 2.40. The van der Waals surface area contributed by atoms with Crippen LogP contribution >= 0.6 is 11.6 Å². The Morgan fingerprint density at radius 1 is 0.897 bits per heavy atom. The van der Waals surface area contributed by atoms with Crippen molar-refractivity contribution in [1.29, 1.82) is 0 Å². The van der Waals surface area contributed by atoms with Crippen molar-refractivity contribution in [3.05, 3.63) is 101 Å². The maximum atomic E-state index is 13.6. The molecule has 1 saturated heterocycles. The van der Waals surface area contributed by atoms with E-state index in [0.717, 1.165) is 22.5 Å². The smallest absolute Gasteiger partial charge is 0.0681 e. The normalized spacial score (nSPS) is 25.7. The zero-order valence-electron chi connectivity index (χ0n) is 16.2. The predicted molar refractivity (Wildman–Crippen MR) is 123 cm³/mol. The number of para-hydroxylation sites is 1. The fourth-order valence-electron chi connectivity index (χ4n) is 3.80. The lowest BCUT2D eigenvalue weighted by atomic mass is 9.91. The Bertz CT molecular complexity index is 1010. The van der Waals surface area contributed by atoms with Gasteiger partial charge in [-0.3, -0.25) is 9.63 Å². The van der Waals surface area contributed by atoms with Gasteiger partial charge in [0.25, 0.3) is 0 Å². The van der Waals surface area contributed by atoms with Crippen molar-refractivity contribution in [3.8, 4) is 0 Å². The molecule has 4 unspecified atom stereocenters. The minimum Gasteiger partial charge on any atom is -0.279 e. The highest BCUT2D eigenvalue weighted by atomic mass is 35.5. The van der Waals surface area contributed by atoms with Crippen LogP contribution in [0.3, 0.4) is 0 Å². The molecule has 4 rings (SSSR count). The van der Waals surface area contributed by atoms with Gasteiger partial charge in [0.1, 0.15) is 0 Å². The van der Waals surface area contributed by atoms with Crippen molar-refractivity contribution in [2.45, 2.75) is 23.8 Å². The number of benzene rings is 3. The molecule has 1 fully saturated rings. The van der Waals surface area contributed by atoms with Gasteiger partial charge in [-0.25, -0.2) is 0 Å². The van der Waals surface area contributed by atoms with Gasteiger partial charge in [0, 0.05) is 33.9 Å². The van der Waals surface area contributed by atoms with E-state index in [2.05, 4.69) is 24.5 Å². The van der Waals surface area contributed by atoms with E-state index in [0.29, 0.717) is 11.4 Å². The molecule has 0 radical (unpaired) electrons. The fourth-order valence-corrected chi connectivity index (χ4v) is 6.03. The summed E-state index contributed by atoms with van der Waals surface area (Å²) in [6.45, 7) is 2.12.